The van der Waals surface area contributed by atoms with Gasteiger partial charge in [-0.3, -0.25) is 4.79 Å². The average molecular weight is 327 g/mol. The summed E-state index contributed by atoms with van der Waals surface area (Å²) in [5.41, 5.74) is 4.38. The number of benzene rings is 1. The topological polar surface area (TPSA) is 94.6 Å². The quantitative estimate of drug-likeness (QED) is 0.845. The maximum atomic E-state index is 14.3. The van der Waals surface area contributed by atoms with E-state index >= 15 is 0 Å². The number of anilines is 1. The molecule has 0 spiro atoms. The van der Waals surface area contributed by atoms with Crippen molar-refractivity contribution in [3.8, 4) is 5.75 Å². The second kappa shape index (κ2) is 4.88. The minimum Gasteiger partial charge on any atom is -0.491 e. The van der Waals surface area contributed by atoms with E-state index in [0.29, 0.717) is 0 Å². The number of carboxylic acids is 1. The summed E-state index contributed by atoms with van der Waals surface area (Å²) in [5, 5.41) is 8.62. The summed E-state index contributed by atoms with van der Waals surface area (Å²) >= 11 is 5.82. The number of aromatic nitrogens is 1. The van der Waals surface area contributed by atoms with E-state index in [1.54, 1.807) is 0 Å². The van der Waals surface area contributed by atoms with Crippen LogP contribution in [0.2, 0.25) is 5.02 Å². The highest BCUT2D eigenvalue weighted by Gasteiger charge is 2.31. The van der Waals surface area contributed by atoms with Crippen LogP contribution in [0.4, 0.5) is 10.1 Å². The van der Waals surface area contributed by atoms with Crippen molar-refractivity contribution < 1.29 is 19.0 Å². The van der Waals surface area contributed by atoms with Gasteiger partial charge in [-0.25, -0.2) is 9.18 Å². The number of hydrogen-bond acceptors (Lipinski definition) is 4. The molecule has 1 saturated carbocycles. The van der Waals surface area contributed by atoms with Crippen LogP contribution in [0.3, 0.4) is 0 Å². The van der Waals surface area contributed by atoms with Gasteiger partial charge in [-0.1, -0.05) is 11.6 Å². The predicted octanol–water partition coefficient (Wildman–Crippen LogP) is 2.42. The Hall–Kier alpha value is -2.28. The molecule has 0 bridgehead atoms. The number of pyridine rings is 1. The van der Waals surface area contributed by atoms with Crippen molar-refractivity contribution in [1.29, 1.82) is 0 Å². The molecule has 1 aliphatic carbocycles. The highest BCUT2D eigenvalue weighted by Crippen LogP contribution is 2.43. The molecule has 8 heteroatoms. The number of nitrogens with two attached hydrogens (primary N) is 1. The second-order valence-electron chi connectivity index (χ2n) is 5.11. The number of rotatable bonds is 3. The number of hydrogen-bond donors (Lipinski definition) is 2. The lowest BCUT2D eigenvalue weighted by molar-refractivity contribution is 0.0695. The van der Waals surface area contributed by atoms with E-state index in [1.165, 1.54) is 17.9 Å². The summed E-state index contributed by atoms with van der Waals surface area (Å²) in [4.78, 5) is 23.7. The van der Waals surface area contributed by atoms with E-state index < -0.39 is 27.8 Å². The molecular weight excluding hydrogens is 315 g/mol. The van der Waals surface area contributed by atoms with E-state index in [2.05, 4.69) is 0 Å². The summed E-state index contributed by atoms with van der Waals surface area (Å²) in [6, 6.07) is -0.0184. The maximum Gasteiger partial charge on any atom is 0.341 e. The van der Waals surface area contributed by atoms with Crippen LogP contribution >= 0.6 is 11.6 Å². The fraction of sp³-hybridized carbons (Fsp3) is 0.286. The summed E-state index contributed by atoms with van der Waals surface area (Å²) in [6.45, 7) is 0. The highest BCUT2D eigenvalue weighted by atomic mass is 35.5. The molecule has 116 valence electrons. The van der Waals surface area contributed by atoms with Crippen molar-refractivity contribution in [2.75, 3.05) is 12.8 Å². The predicted molar refractivity (Wildman–Crippen MR) is 79.4 cm³/mol. The van der Waals surface area contributed by atoms with Crippen LogP contribution in [-0.2, 0) is 0 Å². The van der Waals surface area contributed by atoms with Gasteiger partial charge in [0.1, 0.15) is 16.1 Å². The third-order valence-electron chi connectivity index (χ3n) is 3.72. The molecule has 1 aliphatic rings. The largest absolute Gasteiger partial charge is 0.491 e. The lowest BCUT2D eigenvalue weighted by Gasteiger charge is -2.17. The molecule has 0 unspecified atom stereocenters. The molecule has 2 aromatic rings. The molecule has 3 rings (SSSR count). The molecule has 1 aromatic heterocycles. The fourth-order valence-electron chi connectivity index (χ4n) is 2.53. The van der Waals surface area contributed by atoms with Crippen LogP contribution in [0.1, 0.15) is 29.2 Å². The molecule has 0 amide bonds. The van der Waals surface area contributed by atoms with E-state index in [0.717, 1.165) is 12.8 Å². The lowest BCUT2D eigenvalue weighted by atomic mass is 10.1. The van der Waals surface area contributed by atoms with Gasteiger partial charge in [-0.05, 0) is 12.8 Å². The van der Waals surface area contributed by atoms with Gasteiger partial charge in [-0.15, -0.1) is 0 Å². The molecule has 1 fully saturated rings. The highest BCUT2D eigenvalue weighted by molar-refractivity contribution is 6.35. The molecular formula is C14H12ClFN2O4. The first-order valence-corrected chi connectivity index (χ1v) is 6.88. The second-order valence-corrected chi connectivity index (χ2v) is 5.49. The van der Waals surface area contributed by atoms with Gasteiger partial charge in [0.2, 0.25) is 5.43 Å². The van der Waals surface area contributed by atoms with E-state index in [4.69, 9.17) is 22.1 Å². The van der Waals surface area contributed by atoms with Gasteiger partial charge in [0.15, 0.2) is 11.6 Å². The number of ether oxygens (including phenoxy) is 1. The molecule has 6 nitrogen and oxygen atoms in total. The van der Waals surface area contributed by atoms with Gasteiger partial charge in [0.05, 0.1) is 18.2 Å². The van der Waals surface area contributed by atoms with Crippen LogP contribution in [0, 0.1) is 5.82 Å². The fourth-order valence-corrected chi connectivity index (χ4v) is 2.71. The van der Waals surface area contributed by atoms with Crippen molar-refractivity contribution in [3.05, 3.63) is 32.8 Å². The van der Waals surface area contributed by atoms with Crippen molar-refractivity contribution in [3.63, 3.8) is 0 Å². The Labute approximate surface area is 128 Å². The normalized spacial score (nSPS) is 14.3. The Kier molecular flexibility index (Phi) is 3.25. The number of carboxylic acid groups (broad SMARTS) is 1. The van der Waals surface area contributed by atoms with Crippen LogP contribution in [0.15, 0.2) is 11.0 Å². The molecule has 3 N–H and O–H groups in total. The number of methoxy groups -OCH3 is 1. The van der Waals surface area contributed by atoms with Gasteiger partial charge in [0, 0.05) is 12.2 Å². The molecule has 0 radical (unpaired) electrons. The molecule has 0 saturated heterocycles. The maximum absolute atomic E-state index is 14.3. The van der Waals surface area contributed by atoms with Gasteiger partial charge in [-0.2, -0.15) is 0 Å². The zero-order valence-corrected chi connectivity index (χ0v) is 12.3. The first kappa shape index (κ1) is 14.6. The SMILES string of the molecule is COc1c(F)c(Cl)c(N)c2c(=O)c(C(=O)O)cn(C3CC3)c12. The number of nitrogens with zero attached hydrogens (tertiary/aromatic N) is 1. The molecule has 0 aliphatic heterocycles. The Morgan fingerprint density at radius 2 is 2.18 bits per heavy atom. The third-order valence-corrected chi connectivity index (χ3v) is 4.09. The first-order chi connectivity index (χ1) is 10.4. The zero-order valence-electron chi connectivity index (χ0n) is 11.5. The minimum absolute atomic E-state index is 0.0184. The van der Waals surface area contributed by atoms with E-state index in [-0.39, 0.29) is 28.4 Å². The standard InChI is InChI=1S/C14H12ClFN2O4/c1-22-13-9(16)8(15)10(17)7-11(13)18(5-2-3-5)4-6(12(7)19)14(20)21/h4-5H,2-3,17H2,1H3,(H,20,21). The first-order valence-electron chi connectivity index (χ1n) is 6.51. The molecule has 1 heterocycles. The van der Waals surface area contributed by atoms with Crippen LogP contribution in [-0.4, -0.2) is 22.8 Å². The molecule has 22 heavy (non-hydrogen) atoms. The van der Waals surface area contributed by atoms with E-state index in [1.807, 2.05) is 0 Å². The summed E-state index contributed by atoms with van der Waals surface area (Å²) in [5.74, 6) is -2.46. The van der Waals surface area contributed by atoms with Gasteiger partial charge < -0.3 is 20.1 Å². The molecule has 0 atom stereocenters. The molecule has 1 aromatic carbocycles. The Morgan fingerprint density at radius 1 is 1.55 bits per heavy atom. The summed E-state index contributed by atoms with van der Waals surface area (Å²) < 4.78 is 20.9. The Bertz CT molecular complexity index is 874. The number of fused-ring (bicyclic) bond motifs is 1. The van der Waals surface area contributed by atoms with Crippen LogP contribution in [0.5, 0.6) is 5.75 Å². The monoisotopic (exact) mass is 326 g/mol. The van der Waals surface area contributed by atoms with Crippen LogP contribution in [0.25, 0.3) is 10.9 Å². The van der Waals surface area contributed by atoms with Crippen molar-refractivity contribution in [1.82, 2.24) is 4.57 Å². The smallest absolute Gasteiger partial charge is 0.341 e. The number of nitrogen functional groups attached to an aromatic ring is 1. The summed E-state index contributed by atoms with van der Waals surface area (Å²) in [6.07, 6.45) is 2.80. The number of carbonyl (C=O) groups is 1. The third kappa shape index (κ3) is 1.93. The minimum atomic E-state index is -1.37. The lowest BCUT2D eigenvalue weighted by Crippen LogP contribution is -2.20. The van der Waals surface area contributed by atoms with Crippen molar-refractivity contribution in [2.24, 2.45) is 0 Å². The summed E-state index contributed by atoms with van der Waals surface area (Å²) in [7, 11) is 1.25. The number of halogens is 2. The van der Waals surface area contributed by atoms with Gasteiger partial charge in [0.25, 0.3) is 0 Å². The van der Waals surface area contributed by atoms with Gasteiger partial charge >= 0.3 is 5.97 Å². The Morgan fingerprint density at radius 3 is 2.68 bits per heavy atom. The number of aromatic carboxylic acids is 1. The van der Waals surface area contributed by atoms with Crippen molar-refractivity contribution in [2.45, 2.75) is 18.9 Å². The van der Waals surface area contributed by atoms with E-state index in [9.17, 15) is 19.1 Å². The Balaban J connectivity index is 2.60. The van der Waals surface area contributed by atoms with Crippen LogP contribution < -0.4 is 15.9 Å². The average Bonchev–Trinajstić information content (AvgIpc) is 3.29. The van der Waals surface area contributed by atoms with Crippen molar-refractivity contribution >= 4 is 34.2 Å². The zero-order chi connectivity index (χ0) is 16.2.